The van der Waals surface area contributed by atoms with Crippen LogP contribution in [0.2, 0.25) is 0 Å². The number of nitrogens with zero attached hydrogens (tertiary/aromatic N) is 3. The van der Waals surface area contributed by atoms with Crippen LogP contribution in [-0.4, -0.2) is 60.2 Å². The highest BCUT2D eigenvalue weighted by Gasteiger charge is 2.28. The van der Waals surface area contributed by atoms with E-state index in [0.29, 0.717) is 11.8 Å². The predicted octanol–water partition coefficient (Wildman–Crippen LogP) is 3.93. The first kappa shape index (κ1) is 20.2. The van der Waals surface area contributed by atoms with Gasteiger partial charge in [-0.05, 0) is 62.1 Å². The molecular formula is C24H32FN3O. The van der Waals surface area contributed by atoms with Crippen LogP contribution in [0.4, 0.5) is 10.1 Å². The molecule has 2 aromatic carbocycles. The van der Waals surface area contributed by atoms with E-state index in [4.69, 9.17) is 0 Å². The fraction of sp³-hybridized carbons (Fsp3) is 0.500. The summed E-state index contributed by atoms with van der Waals surface area (Å²) in [6.07, 6.45) is 2.46. The van der Waals surface area contributed by atoms with Gasteiger partial charge in [0.05, 0.1) is 5.69 Å². The summed E-state index contributed by atoms with van der Waals surface area (Å²) in [5, 5.41) is 10.0. The Morgan fingerprint density at radius 2 is 1.69 bits per heavy atom. The largest absolute Gasteiger partial charge is 0.507 e. The Labute approximate surface area is 173 Å². The van der Waals surface area contributed by atoms with E-state index in [1.165, 1.54) is 18.4 Å². The van der Waals surface area contributed by atoms with Gasteiger partial charge >= 0.3 is 0 Å². The maximum atomic E-state index is 14.1. The van der Waals surface area contributed by atoms with Gasteiger partial charge in [-0.15, -0.1) is 0 Å². The molecule has 0 unspecified atom stereocenters. The summed E-state index contributed by atoms with van der Waals surface area (Å²) in [7, 11) is 0. The second kappa shape index (κ2) is 8.72. The topological polar surface area (TPSA) is 30.0 Å². The Morgan fingerprint density at radius 3 is 2.38 bits per heavy atom. The molecule has 2 aliphatic rings. The number of benzene rings is 2. The van der Waals surface area contributed by atoms with Crippen LogP contribution in [0, 0.1) is 19.7 Å². The zero-order valence-corrected chi connectivity index (χ0v) is 17.6. The summed E-state index contributed by atoms with van der Waals surface area (Å²) in [6, 6.07) is 11.9. The molecule has 29 heavy (non-hydrogen) atoms. The standard InChI is InChI=1S/C24H32FN3O/c1-18-14-20(15-19(2)24(18)29)16-26-9-5-6-21(17-26)27-10-12-28(13-11-27)23-8-4-3-7-22(23)25/h3-4,7-8,14-15,21,29H,5-6,9-13,16-17H2,1-2H3/t21-/m1/s1. The molecule has 0 amide bonds. The lowest BCUT2D eigenvalue weighted by molar-refractivity contribution is 0.0886. The van der Waals surface area contributed by atoms with Gasteiger partial charge < -0.3 is 10.0 Å². The van der Waals surface area contributed by atoms with Crippen LogP contribution in [0.1, 0.15) is 29.5 Å². The number of phenolic OH excluding ortho intramolecular Hbond substituents is 1. The molecular weight excluding hydrogens is 365 g/mol. The van der Waals surface area contributed by atoms with Crippen LogP contribution in [0.15, 0.2) is 36.4 Å². The fourth-order valence-electron chi connectivity index (χ4n) is 4.90. The zero-order valence-electron chi connectivity index (χ0n) is 17.6. The van der Waals surface area contributed by atoms with Gasteiger partial charge in [-0.25, -0.2) is 4.39 Å². The van der Waals surface area contributed by atoms with E-state index in [1.54, 1.807) is 12.1 Å². The summed E-state index contributed by atoms with van der Waals surface area (Å²) >= 11 is 0. The van der Waals surface area contributed by atoms with Crippen molar-refractivity contribution in [2.75, 3.05) is 44.2 Å². The fourth-order valence-corrected chi connectivity index (χ4v) is 4.90. The second-order valence-electron chi connectivity index (χ2n) is 8.58. The first-order chi connectivity index (χ1) is 14.0. The van der Waals surface area contributed by atoms with Crippen LogP contribution in [0.3, 0.4) is 0 Å². The summed E-state index contributed by atoms with van der Waals surface area (Å²) in [4.78, 5) is 7.31. The first-order valence-corrected chi connectivity index (χ1v) is 10.8. The average Bonchev–Trinajstić information content (AvgIpc) is 2.73. The highest BCUT2D eigenvalue weighted by molar-refractivity contribution is 5.48. The number of piperazine rings is 1. The van der Waals surface area contributed by atoms with E-state index < -0.39 is 0 Å². The van der Waals surface area contributed by atoms with Crippen molar-refractivity contribution in [3.8, 4) is 5.75 Å². The number of aromatic hydroxyl groups is 1. The van der Waals surface area contributed by atoms with Gasteiger partial charge in [0.25, 0.3) is 0 Å². The molecule has 1 N–H and O–H groups in total. The third kappa shape index (κ3) is 4.57. The van der Waals surface area contributed by atoms with Crippen LogP contribution in [0.25, 0.3) is 0 Å². The Hall–Kier alpha value is -2.11. The van der Waals surface area contributed by atoms with Crippen LogP contribution in [-0.2, 0) is 6.54 Å². The van der Waals surface area contributed by atoms with Crippen molar-refractivity contribution in [3.05, 3.63) is 58.9 Å². The molecule has 4 rings (SSSR count). The molecule has 0 aromatic heterocycles. The second-order valence-corrected chi connectivity index (χ2v) is 8.58. The SMILES string of the molecule is Cc1cc(CN2CCC[C@@H](N3CCN(c4ccccc4F)CC3)C2)cc(C)c1O. The number of piperidine rings is 1. The number of rotatable bonds is 4. The van der Waals surface area contributed by atoms with Crippen LogP contribution < -0.4 is 4.90 Å². The Morgan fingerprint density at radius 1 is 1.00 bits per heavy atom. The van der Waals surface area contributed by atoms with Gasteiger partial charge in [0.15, 0.2) is 0 Å². The number of anilines is 1. The van der Waals surface area contributed by atoms with Crippen molar-refractivity contribution in [1.82, 2.24) is 9.80 Å². The van der Waals surface area contributed by atoms with Crippen LogP contribution >= 0.6 is 0 Å². The van der Waals surface area contributed by atoms with E-state index in [1.807, 2.05) is 26.0 Å². The molecule has 0 bridgehead atoms. The van der Waals surface area contributed by atoms with Gasteiger partial charge in [-0.2, -0.15) is 0 Å². The highest BCUT2D eigenvalue weighted by Crippen LogP contribution is 2.26. The van der Waals surface area contributed by atoms with Crippen molar-refractivity contribution in [1.29, 1.82) is 0 Å². The molecule has 2 heterocycles. The molecule has 0 saturated carbocycles. The Balaban J connectivity index is 1.34. The molecule has 0 radical (unpaired) electrons. The van der Waals surface area contributed by atoms with Crippen LogP contribution in [0.5, 0.6) is 5.75 Å². The zero-order chi connectivity index (χ0) is 20.4. The number of phenols is 1. The molecule has 0 aliphatic carbocycles. The van der Waals surface area contributed by atoms with E-state index in [-0.39, 0.29) is 5.82 Å². The Kier molecular flexibility index (Phi) is 6.07. The van der Waals surface area contributed by atoms with Crippen molar-refractivity contribution in [3.63, 3.8) is 0 Å². The predicted molar refractivity (Wildman–Crippen MR) is 116 cm³/mol. The number of aryl methyl sites for hydroxylation is 2. The molecule has 156 valence electrons. The highest BCUT2D eigenvalue weighted by atomic mass is 19.1. The molecule has 5 heteroatoms. The molecule has 2 aliphatic heterocycles. The van der Waals surface area contributed by atoms with Gasteiger partial charge in [-0.1, -0.05) is 24.3 Å². The molecule has 2 saturated heterocycles. The lowest BCUT2D eigenvalue weighted by Crippen LogP contribution is -2.55. The summed E-state index contributed by atoms with van der Waals surface area (Å²) < 4.78 is 14.1. The summed E-state index contributed by atoms with van der Waals surface area (Å²) in [5.74, 6) is 0.294. The van der Waals surface area contributed by atoms with E-state index >= 15 is 0 Å². The average molecular weight is 398 g/mol. The van der Waals surface area contributed by atoms with Crippen molar-refractivity contribution < 1.29 is 9.50 Å². The number of hydrogen-bond acceptors (Lipinski definition) is 4. The van der Waals surface area contributed by atoms with E-state index in [9.17, 15) is 9.50 Å². The smallest absolute Gasteiger partial charge is 0.146 e. The maximum Gasteiger partial charge on any atom is 0.146 e. The van der Waals surface area contributed by atoms with Gasteiger partial charge in [0, 0.05) is 45.3 Å². The van der Waals surface area contributed by atoms with Gasteiger partial charge in [0.2, 0.25) is 0 Å². The van der Waals surface area contributed by atoms with Gasteiger partial charge in [0.1, 0.15) is 11.6 Å². The number of likely N-dealkylation sites (tertiary alicyclic amines) is 1. The van der Waals surface area contributed by atoms with Gasteiger partial charge in [-0.3, -0.25) is 9.80 Å². The molecule has 1 atom stereocenters. The maximum absolute atomic E-state index is 14.1. The quantitative estimate of drug-likeness (QED) is 0.847. The van der Waals surface area contributed by atoms with E-state index in [2.05, 4.69) is 26.8 Å². The normalized spacial score (nSPS) is 21.5. The molecule has 4 nitrogen and oxygen atoms in total. The third-order valence-electron chi connectivity index (χ3n) is 6.46. The summed E-state index contributed by atoms with van der Waals surface area (Å²) in [5.41, 5.74) is 3.92. The third-order valence-corrected chi connectivity index (χ3v) is 6.46. The lowest BCUT2D eigenvalue weighted by Gasteiger charge is -2.44. The van der Waals surface area contributed by atoms with E-state index in [0.717, 1.165) is 62.6 Å². The van der Waals surface area contributed by atoms with Crippen molar-refractivity contribution in [2.24, 2.45) is 0 Å². The summed E-state index contributed by atoms with van der Waals surface area (Å²) in [6.45, 7) is 10.8. The minimum absolute atomic E-state index is 0.121. The number of halogens is 1. The number of para-hydroxylation sites is 1. The lowest BCUT2D eigenvalue weighted by atomic mass is 10.0. The molecule has 2 fully saturated rings. The van der Waals surface area contributed by atoms with Crippen molar-refractivity contribution >= 4 is 5.69 Å². The minimum atomic E-state index is -0.121. The first-order valence-electron chi connectivity index (χ1n) is 10.8. The molecule has 0 spiro atoms. The van der Waals surface area contributed by atoms with Crippen molar-refractivity contribution in [2.45, 2.75) is 39.3 Å². The Bertz CT molecular complexity index is 825. The molecule has 2 aromatic rings. The minimum Gasteiger partial charge on any atom is -0.507 e. The monoisotopic (exact) mass is 397 g/mol. The number of hydrogen-bond donors (Lipinski definition) is 1.